The summed E-state index contributed by atoms with van der Waals surface area (Å²) < 4.78 is 4.71. The number of carbonyl (C=O) groups is 2. The van der Waals surface area contributed by atoms with Gasteiger partial charge in [-0.05, 0) is 6.92 Å². The number of hydrogen-bond acceptors (Lipinski definition) is 3. The van der Waals surface area contributed by atoms with Crippen LogP contribution in [0.15, 0.2) is 0 Å². The average Bonchev–Trinajstić information content (AvgIpc) is 2.50. The predicted octanol–water partition coefficient (Wildman–Crippen LogP) is -0.0368. The van der Waals surface area contributed by atoms with E-state index in [0.717, 1.165) is 0 Å². The molecule has 1 fully saturated rings. The molecule has 0 bridgehead atoms. The molecule has 5 heteroatoms. The summed E-state index contributed by atoms with van der Waals surface area (Å²) in [5, 5.41) is 2.59. The molecule has 0 aromatic rings. The number of rotatable bonds is 2. The minimum absolute atomic E-state index is 0.230. The first-order valence-corrected chi connectivity index (χ1v) is 4.33. The second kappa shape index (κ2) is 4.11. The summed E-state index contributed by atoms with van der Waals surface area (Å²) >= 11 is 0. The number of esters is 1. The molecule has 0 radical (unpaired) electrons. The second-order valence-corrected chi connectivity index (χ2v) is 2.97. The van der Waals surface area contributed by atoms with Crippen molar-refractivity contribution in [2.75, 3.05) is 20.2 Å². The highest BCUT2D eigenvalue weighted by Crippen LogP contribution is 2.05. The molecule has 0 spiro atoms. The van der Waals surface area contributed by atoms with Gasteiger partial charge in [0.25, 0.3) is 0 Å². The molecule has 1 heterocycles. The molecule has 1 unspecified atom stereocenters. The largest absolute Gasteiger partial charge is 0.464 e. The first-order chi connectivity index (χ1) is 6.15. The maximum Gasteiger partial charge on any atom is 0.328 e. The highest BCUT2D eigenvalue weighted by Gasteiger charge is 2.28. The van der Waals surface area contributed by atoms with Gasteiger partial charge in [0.2, 0.25) is 0 Å². The number of urea groups is 1. The van der Waals surface area contributed by atoms with Crippen LogP contribution in [-0.4, -0.2) is 43.1 Å². The van der Waals surface area contributed by atoms with Crippen LogP contribution < -0.4 is 5.32 Å². The van der Waals surface area contributed by atoms with E-state index in [2.05, 4.69) is 5.32 Å². The highest BCUT2D eigenvalue weighted by molar-refractivity contribution is 5.84. The topological polar surface area (TPSA) is 58.6 Å². The Morgan fingerprint density at radius 3 is 2.92 bits per heavy atom. The van der Waals surface area contributed by atoms with E-state index in [1.54, 1.807) is 7.05 Å². The quantitative estimate of drug-likeness (QED) is 0.616. The normalized spacial score (nSPS) is 21.1. The van der Waals surface area contributed by atoms with Crippen LogP contribution in [0.25, 0.3) is 0 Å². The van der Waals surface area contributed by atoms with E-state index in [1.807, 2.05) is 6.92 Å². The van der Waals surface area contributed by atoms with E-state index in [1.165, 1.54) is 4.90 Å². The molecule has 2 amide bonds. The lowest BCUT2D eigenvalue weighted by Crippen LogP contribution is -2.44. The van der Waals surface area contributed by atoms with Gasteiger partial charge in [-0.3, -0.25) is 0 Å². The molecule has 1 saturated heterocycles. The third-order valence-corrected chi connectivity index (χ3v) is 2.05. The zero-order valence-corrected chi connectivity index (χ0v) is 7.87. The first-order valence-electron chi connectivity index (χ1n) is 4.33. The van der Waals surface area contributed by atoms with Gasteiger partial charge in [0, 0.05) is 20.0 Å². The fourth-order valence-electron chi connectivity index (χ4n) is 1.03. The van der Waals surface area contributed by atoms with Crippen molar-refractivity contribution < 1.29 is 14.3 Å². The Morgan fingerprint density at radius 2 is 2.46 bits per heavy atom. The van der Waals surface area contributed by atoms with Crippen LogP contribution in [0.5, 0.6) is 0 Å². The maximum atomic E-state index is 11.3. The SMILES string of the molecule is CCN(C)C(=O)NC1CCOC1=O. The van der Waals surface area contributed by atoms with Gasteiger partial charge in [0.15, 0.2) is 0 Å². The van der Waals surface area contributed by atoms with E-state index in [-0.39, 0.29) is 12.0 Å². The van der Waals surface area contributed by atoms with Gasteiger partial charge in [-0.15, -0.1) is 0 Å². The zero-order chi connectivity index (χ0) is 9.84. The van der Waals surface area contributed by atoms with Crippen molar-refractivity contribution in [3.05, 3.63) is 0 Å². The average molecular weight is 186 g/mol. The van der Waals surface area contributed by atoms with E-state index < -0.39 is 6.04 Å². The molecule has 1 aliphatic heterocycles. The Balaban J connectivity index is 2.39. The number of nitrogens with one attached hydrogen (secondary N) is 1. The molecule has 0 aromatic carbocycles. The van der Waals surface area contributed by atoms with Gasteiger partial charge in [-0.1, -0.05) is 0 Å². The smallest absolute Gasteiger partial charge is 0.328 e. The van der Waals surface area contributed by atoms with Crippen LogP contribution in [0.4, 0.5) is 4.79 Å². The second-order valence-electron chi connectivity index (χ2n) is 2.97. The predicted molar refractivity (Wildman–Crippen MR) is 46.2 cm³/mol. The van der Waals surface area contributed by atoms with E-state index in [4.69, 9.17) is 4.74 Å². The number of nitrogens with zero attached hydrogens (tertiary/aromatic N) is 1. The fraction of sp³-hybridized carbons (Fsp3) is 0.750. The molecule has 1 rings (SSSR count). The summed E-state index contributed by atoms with van der Waals surface area (Å²) in [6.07, 6.45) is 0.572. The van der Waals surface area contributed by atoms with Crippen LogP contribution >= 0.6 is 0 Å². The van der Waals surface area contributed by atoms with Crippen LogP contribution in [0.2, 0.25) is 0 Å². The van der Waals surface area contributed by atoms with E-state index in [0.29, 0.717) is 19.6 Å². The summed E-state index contributed by atoms with van der Waals surface area (Å²) in [6, 6.07) is -0.687. The minimum Gasteiger partial charge on any atom is -0.464 e. The van der Waals surface area contributed by atoms with Gasteiger partial charge < -0.3 is 15.0 Å². The lowest BCUT2D eigenvalue weighted by Gasteiger charge is -2.17. The van der Waals surface area contributed by atoms with Crippen molar-refractivity contribution in [3.8, 4) is 0 Å². The van der Waals surface area contributed by atoms with Crippen LogP contribution in [0.3, 0.4) is 0 Å². The lowest BCUT2D eigenvalue weighted by atomic mass is 10.2. The van der Waals surface area contributed by atoms with Gasteiger partial charge in [0.1, 0.15) is 6.04 Å². The Kier molecular flexibility index (Phi) is 3.11. The van der Waals surface area contributed by atoms with Crippen molar-refractivity contribution in [2.45, 2.75) is 19.4 Å². The summed E-state index contributed by atoms with van der Waals surface area (Å²) in [5.74, 6) is -0.335. The summed E-state index contributed by atoms with van der Waals surface area (Å²) in [6.45, 7) is 2.89. The van der Waals surface area contributed by atoms with Crippen molar-refractivity contribution in [3.63, 3.8) is 0 Å². The molecule has 74 valence electrons. The van der Waals surface area contributed by atoms with Crippen molar-refractivity contribution in [1.82, 2.24) is 10.2 Å². The third-order valence-electron chi connectivity index (χ3n) is 2.05. The Hall–Kier alpha value is -1.26. The Bertz CT molecular complexity index is 217. The monoisotopic (exact) mass is 186 g/mol. The van der Waals surface area contributed by atoms with Crippen molar-refractivity contribution >= 4 is 12.0 Å². The van der Waals surface area contributed by atoms with Crippen LogP contribution in [0, 0.1) is 0 Å². The van der Waals surface area contributed by atoms with E-state index >= 15 is 0 Å². The Morgan fingerprint density at radius 1 is 1.77 bits per heavy atom. The molecular weight excluding hydrogens is 172 g/mol. The Labute approximate surface area is 77.0 Å². The maximum absolute atomic E-state index is 11.3. The van der Waals surface area contributed by atoms with Crippen LogP contribution in [-0.2, 0) is 9.53 Å². The summed E-state index contributed by atoms with van der Waals surface area (Å²) in [7, 11) is 1.68. The number of cyclic esters (lactones) is 1. The first kappa shape index (κ1) is 9.83. The molecule has 1 aliphatic rings. The summed E-state index contributed by atoms with van der Waals surface area (Å²) in [5.41, 5.74) is 0. The highest BCUT2D eigenvalue weighted by atomic mass is 16.5. The number of ether oxygens (including phenoxy) is 1. The molecule has 5 nitrogen and oxygen atoms in total. The number of amides is 2. The van der Waals surface area contributed by atoms with Crippen molar-refractivity contribution in [2.24, 2.45) is 0 Å². The fourth-order valence-corrected chi connectivity index (χ4v) is 1.03. The van der Waals surface area contributed by atoms with E-state index in [9.17, 15) is 9.59 Å². The van der Waals surface area contributed by atoms with Crippen LogP contribution in [0.1, 0.15) is 13.3 Å². The molecule has 0 aromatic heterocycles. The molecule has 1 atom stereocenters. The number of carbonyl (C=O) groups excluding carboxylic acids is 2. The lowest BCUT2D eigenvalue weighted by molar-refractivity contribution is -0.139. The molecule has 13 heavy (non-hydrogen) atoms. The molecule has 0 saturated carbocycles. The zero-order valence-electron chi connectivity index (χ0n) is 7.87. The molecule has 1 N–H and O–H groups in total. The van der Waals surface area contributed by atoms with Gasteiger partial charge in [-0.2, -0.15) is 0 Å². The van der Waals surface area contributed by atoms with Crippen molar-refractivity contribution in [1.29, 1.82) is 0 Å². The number of hydrogen-bond donors (Lipinski definition) is 1. The minimum atomic E-state index is -0.457. The molecule has 0 aliphatic carbocycles. The molecular formula is C8H14N2O3. The standard InChI is InChI=1S/C8H14N2O3/c1-3-10(2)8(12)9-6-4-5-13-7(6)11/h6H,3-5H2,1-2H3,(H,9,12). The van der Waals surface area contributed by atoms with Gasteiger partial charge in [-0.25, -0.2) is 9.59 Å². The van der Waals surface area contributed by atoms with Gasteiger partial charge in [0.05, 0.1) is 6.61 Å². The summed E-state index contributed by atoms with van der Waals surface area (Å²) in [4.78, 5) is 23.8. The van der Waals surface area contributed by atoms with Gasteiger partial charge >= 0.3 is 12.0 Å². The third kappa shape index (κ3) is 2.34.